The lowest BCUT2D eigenvalue weighted by atomic mass is 10.0. The molecule has 7 nitrogen and oxygen atoms in total. The van der Waals surface area contributed by atoms with Crippen LogP contribution in [-0.2, 0) is 16.0 Å². The molecule has 0 aromatic heterocycles. The number of halogens is 1. The molecule has 0 spiro atoms. The highest BCUT2D eigenvalue weighted by atomic mass is 127. The average Bonchev–Trinajstić information content (AvgIpc) is 2.77. The molecule has 2 aliphatic rings. The van der Waals surface area contributed by atoms with Gasteiger partial charge in [0.25, 0.3) is 0 Å². The lowest BCUT2D eigenvalue weighted by Crippen LogP contribution is -2.52. The van der Waals surface area contributed by atoms with Gasteiger partial charge in [0.05, 0.1) is 26.4 Å². The van der Waals surface area contributed by atoms with Gasteiger partial charge in [-0.3, -0.25) is 9.89 Å². The SMILES string of the molecule is CN=C(NCc1ccccc1N1CCOCC1)NCC(C(C)C)N1CCOCC1.I. The number of nitrogens with zero attached hydrogens (tertiary/aromatic N) is 3. The third-order valence-corrected chi connectivity index (χ3v) is 5.78. The van der Waals surface area contributed by atoms with Crippen LogP contribution < -0.4 is 15.5 Å². The second kappa shape index (κ2) is 13.3. The van der Waals surface area contributed by atoms with Crippen LogP contribution in [0.25, 0.3) is 0 Å². The van der Waals surface area contributed by atoms with E-state index >= 15 is 0 Å². The highest BCUT2D eigenvalue weighted by molar-refractivity contribution is 14.0. The van der Waals surface area contributed by atoms with E-state index in [1.807, 2.05) is 7.05 Å². The first-order valence-corrected chi connectivity index (χ1v) is 10.9. The van der Waals surface area contributed by atoms with Crippen LogP contribution >= 0.6 is 24.0 Å². The fourth-order valence-corrected chi connectivity index (χ4v) is 4.07. The molecule has 1 atom stereocenters. The maximum absolute atomic E-state index is 5.52. The normalized spacial score (nSPS) is 19.3. The van der Waals surface area contributed by atoms with Gasteiger partial charge in [-0.15, -0.1) is 24.0 Å². The number of guanidine groups is 1. The number of ether oxygens (including phenoxy) is 2. The van der Waals surface area contributed by atoms with Crippen molar-refractivity contribution < 1.29 is 9.47 Å². The number of morpholine rings is 2. The number of anilines is 1. The molecule has 0 aliphatic carbocycles. The van der Waals surface area contributed by atoms with E-state index in [4.69, 9.17) is 9.47 Å². The molecule has 0 amide bonds. The van der Waals surface area contributed by atoms with Crippen LogP contribution in [0, 0.1) is 5.92 Å². The molecule has 2 heterocycles. The molecule has 1 aromatic carbocycles. The molecule has 0 radical (unpaired) electrons. The van der Waals surface area contributed by atoms with Gasteiger partial charge in [0.1, 0.15) is 0 Å². The van der Waals surface area contributed by atoms with Gasteiger partial charge >= 0.3 is 0 Å². The quantitative estimate of drug-likeness (QED) is 0.320. The third kappa shape index (κ3) is 7.25. The minimum Gasteiger partial charge on any atom is -0.379 e. The highest BCUT2D eigenvalue weighted by Crippen LogP contribution is 2.21. The Kier molecular flexibility index (Phi) is 11.2. The van der Waals surface area contributed by atoms with Crippen molar-refractivity contribution in [3.63, 3.8) is 0 Å². The Balaban J connectivity index is 0.00000320. The van der Waals surface area contributed by atoms with E-state index in [1.54, 1.807) is 0 Å². The third-order valence-electron chi connectivity index (χ3n) is 5.78. The number of rotatable bonds is 7. The van der Waals surface area contributed by atoms with Gasteiger partial charge in [-0.1, -0.05) is 32.0 Å². The number of nitrogens with one attached hydrogen (secondary N) is 2. The molecule has 3 rings (SSSR count). The molecule has 8 heteroatoms. The van der Waals surface area contributed by atoms with Crippen molar-refractivity contribution in [3.05, 3.63) is 29.8 Å². The molecule has 170 valence electrons. The molecular weight excluding hydrogens is 493 g/mol. The summed E-state index contributed by atoms with van der Waals surface area (Å²) in [7, 11) is 1.84. The van der Waals surface area contributed by atoms with Crippen LogP contribution in [0.15, 0.2) is 29.3 Å². The molecule has 2 saturated heterocycles. The Bertz CT molecular complexity index is 646. The van der Waals surface area contributed by atoms with Gasteiger partial charge in [0, 0.05) is 58.0 Å². The van der Waals surface area contributed by atoms with Crippen molar-refractivity contribution in [1.29, 1.82) is 0 Å². The molecule has 1 aromatic rings. The minimum absolute atomic E-state index is 0. The first-order valence-electron chi connectivity index (χ1n) is 10.9. The minimum atomic E-state index is 0. The summed E-state index contributed by atoms with van der Waals surface area (Å²) in [6.45, 7) is 13.3. The van der Waals surface area contributed by atoms with Crippen LogP contribution in [0.3, 0.4) is 0 Å². The van der Waals surface area contributed by atoms with Gasteiger partial charge < -0.3 is 25.0 Å². The van der Waals surface area contributed by atoms with Crippen LogP contribution in [-0.4, -0.2) is 83.1 Å². The second-order valence-corrected chi connectivity index (χ2v) is 7.99. The summed E-state index contributed by atoms with van der Waals surface area (Å²) in [6, 6.07) is 9.07. The predicted molar refractivity (Wildman–Crippen MR) is 134 cm³/mol. The highest BCUT2D eigenvalue weighted by Gasteiger charge is 2.24. The zero-order valence-electron chi connectivity index (χ0n) is 18.6. The Morgan fingerprint density at radius 3 is 2.27 bits per heavy atom. The summed E-state index contributed by atoms with van der Waals surface area (Å²) >= 11 is 0. The lowest BCUT2D eigenvalue weighted by Gasteiger charge is -2.37. The molecule has 1 unspecified atom stereocenters. The van der Waals surface area contributed by atoms with E-state index in [2.05, 4.69) is 63.5 Å². The van der Waals surface area contributed by atoms with E-state index in [-0.39, 0.29) is 24.0 Å². The molecule has 2 fully saturated rings. The van der Waals surface area contributed by atoms with Crippen molar-refractivity contribution in [2.24, 2.45) is 10.9 Å². The molecule has 0 saturated carbocycles. The van der Waals surface area contributed by atoms with Crippen LogP contribution in [0.5, 0.6) is 0 Å². The second-order valence-electron chi connectivity index (χ2n) is 7.99. The van der Waals surface area contributed by atoms with Crippen LogP contribution in [0.1, 0.15) is 19.4 Å². The summed E-state index contributed by atoms with van der Waals surface area (Å²) in [5, 5.41) is 7.04. The smallest absolute Gasteiger partial charge is 0.191 e. The monoisotopic (exact) mass is 531 g/mol. The maximum Gasteiger partial charge on any atom is 0.191 e. The van der Waals surface area contributed by atoms with Gasteiger partial charge in [-0.05, 0) is 17.5 Å². The summed E-state index contributed by atoms with van der Waals surface area (Å²) in [5.74, 6) is 1.42. The van der Waals surface area contributed by atoms with Gasteiger partial charge in [0.2, 0.25) is 0 Å². The fourth-order valence-electron chi connectivity index (χ4n) is 4.07. The van der Waals surface area contributed by atoms with Crippen molar-refractivity contribution in [2.45, 2.75) is 26.4 Å². The number of hydrogen-bond acceptors (Lipinski definition) is 5. The van der Waals surface area contributed by atoms with E-state index in [1.165, 1.54) is 11.3 Å². The fraction of sp³-hybridized carbons (Fsp3) is 0.682. The lowest BCUT2D eigenvalue weighted by molar-refractivity contribution is 0.00752. The number of hydrogen-bond donors (Lipinski definition) is 2. The molecule has 2 aliphatic heterocycles. The zero-order valence-corrected chi connectivity index (χ0v) is 20.9. The van der Waals surface area contributed by atoms with Crippen LogP contribution in [0.2, 0.25) is 0 Å². The topological polar surface area (TPSA) is 61.4 Å². The maximum atomic E-state index is 5.52. The van der Waals surface area contributed by atoms with E-state index < -0.39 is 0 Å². The molecule has 2 N–H and O–H groups in total. The van der Waals surface area contributed by atoms with Gasteiger partial charge in [0.15, 0.2) is 5.96 Å². The van der Waals surface area contributed by atoms with E-state index in [9.17, 15) is 0 Å². The summed E-state index contributed by atoms with van der Waals surface area (Å²) in [4.78, 5) is 9.38. The largest absolute Gasteiger partial charge is 0.379 e. The Morgan fingerprint density at radius 1 is 1.00 bits per heavy atom. The standard InChI is InChI=1S/C22H37N5O2.HI/c1-18(2)21(27-10-14-29-15-11-27)17-25-22(23-3)24-16-19-6-4-5-7-20(19)26-8-12-28-13-9-26;/h4-7,18,21H,8-17H2,1-3H3,(H2,23,24,25);1H. The molecule has 30 heavy (non-hydrogen) atoms. The van der Waals surface area contributed by atoms with Crippen LogP contribution in [0.4, 0.5) is 5.69 Å². The number of aliphatic imine (C=N–C) groups is 1. The van der Waals surface area contributed by atoms with Gasteiger partial charge in [-0.2, -0.15) is 0 Å². The predicted octanol–water partition coefficient (Wildman–Crippen LogP) is 2.16. The summed E-state index contributed by atoms with van der Waals surface area (Å²) in [5.41, 5.74) is 2.57. The van der Waals surface area contributed by atoms with Crippen molar-refractivity contribution in [1.82, 2.24) is 15.5 Å². The first kappa shape index (κ1) is 25.2. The van der Waals surface area contributed by atoms with E-state index in [0.29, 0.717) is 12.0 Å². The Hall–Kier alpha value is -1.10. The van der Waals surface area contributed by atoms with Crippen molar-refractivity contribution >= 4 is 35.6 Å². The summed E-state index contributed by atoms with van der Waals surface area (Å²) in [6.07, 6.45) is 0. The van der Waals surface area contributed by atoms with Gasteiger partial charge in [-0.25, -0.2) is 0 Å². The van der Waals surface area contributed by atoms with Crippen molar-refractivity contribution in [3.8, 4) is 0 Å². The number of para-hydroxylation sites is 1. The van der Waals surface area contributed by atoms with Crippen molar-refractivity contribution in [2.75, 3.05) is 71.1 Å². The number of benzene rings is 1. The average molecular weight is 531 g/mol. The first-order chi connectivity index (χ1) is 14.2. The zero-order chi connectivity index (χ0) is 20.5. The Morgan fingerprint density at radius 2 is 1.63 bits per heavy atom. The molecular formula is C22H38IN5O2. The summed E-state index contributed by atoms with van der Waals surface area (Å²) < 4.78 is 11.0. The Labute approximate surface area is 198 Å². The van der Waals surface area contributed by atoms with E-state index in [0.717, 1.165) is 71.7 Å². The molecule has 0 bridgehead atoms.